The van der Waals surface area contributed by atoms with E-state index in [0.717, 1.165) is 16.2 Å². The van der Waals surface area contributed by atoms with Crippen molar-refractivity contribution in [3.8, 4) is 0 Å². The molecule has 0 unspecified atom stereocenters. The van der Waals surface area contributed by atoms with Gasteiger partial charge in [-0.25, -0.2) is 0 Å². The highest BCUT2D eigenvalue weighted by molar-refractivity contribution is 8.00. The molecule has 3 rings (SSSR count). The number of benzene rings is 1. The van der Waals surface area contributed by atoms with Crippen LogP contribution in [0.25, 0.3) is 0 Å². The Kier molecular flexibility index (Phi) is 4.64. The molecule has 1 amide bonds. The molecule has 0 bridgehead atoms. The summed E-state index contributed by atoms with van der Waals surface area (Å²) in [6, 6.07) is 10.1. The highest BCUT2D eigenvalue weighted by Gasteiger charge is 2.13. The number of carbonyl (C=O) groups excluding carboxylic acids is 2. The van der Waals surface area contributed by atoms with Crippen molar-refractivity contribution in [2.45, 2.75) is 30.6 Å². The van der Waals surface area contributed by atoms with Crippen LogP contribution >= 0.6 is 23.1 Å². The van der Waals surface area contributed by atoms with E-state index in [-0.39, 0.29) is 18.1 Å². The van der Waals surface area contributed by atoms with Gasteiger partial charge in [-0.2, -0.15) is 0 Å². The number of aryl methyl sites for hydroxylation is 2. The fraction of sp³-hybridized carbons (Fsp3) is 0.294. The molecular weight excluding hydrogens is 314 g/mol. The average molecular weight is 331 g/mol. The number of rotatable bonds is 6. The van der Waals surface area contributed by atoms with Gasteiger partial charge in [0.2, 0.25) is 5.91 Å². The zero-order valence-corrected chi connectivity index (χ0v) is 13.8. The molecule has 1 aromatic heterocycles. The monoisotopic (exact) mass is 331 g/mol. The van der Waals surface area contributed by atoms with Gasteiger partial charge in [-0.3, -0.25) is 9.59 Å². The number of thiophene rings is 1. The van der Waals surface area contributed by atoms with Crippen molar-refractivity contribution < 1.29 is 9.59 Å². The Balaban J connectivity index is 1.60. The predicted octanol–water partition coefficient (Wildman–Crippen LogP) is 3.24. The van der Waals surface area contributed by atoms with E-state index in [1.807, 2.05) is 6.07 Å². The lowest BCUT2D eigenvalue weighted by Gasteiger charge is -2.04. The van der Waals surface area contributed by atoms with E-state index in [0.29, 0.717) is 10.6 Å². The first-order chi connectivity index (χ1) is 10.6. The standard InChI is InChI=1S/C17H17NO2S2/c18-17(20)9-14-6-7-16(22-14)15(19)10-21-13-5-4-11-2-1-3-12(11)8-13/h4-8H,1-3,9-10H2,(H2,18,20). The minimum atomic E-state index is -0.367. The minimum Gasteiger partial charge on any atom is -0.369 e. The van der Waals surface area contributed by atoms with Gasteiger partial charge in [-0.15, -0.1) is 23.1 Å². The van der Waals surface area contributed by atoms with E-state index >= 15 is 0 Å². The first kappa shape index (κ1) is 15.3. The second-order valence-electron chi connectivity index (χ2n) is 5.40. The normalized spacial score (nSPS) is 13.1. The molecule has 114 valence electrons. The van der Waals surface area contributed by atoms with E-state index in [4.69, 9.17) is 5.73 Å². The number of thioether (sulfide) groups is 1. The number of fused-ring (bicyclic) bond motifs is 1. The summed E-state index contributed by atoms with van der Waals surface area (Å²) in [4.78, 5) is 25.8. The summed E-state index contributed by atoms with van der Waals surface area (Å²) in [7, 11) is 0. The van der Waals surface area contributed by atoms with Crippen LogP contribution in [0.4, 0.5) is 0 Å². The van der Waals surface area contributed by atoms with Gasteiger partial charge in [0.15, 0.2) is 5.78 Å². The van der Waals surface area contributed by atoms with Gasteiger partial charge in [0.1, 0.15) is 0 Å². The van der Waals surface area contributed by atoms with E-state index in [9.17, 15) is 9.59 Å². The van der Waals surface area contributed by atoms with E-state index < -0.39 is 0 Å². The molecule has 0 spiro atoms. The van der Waals surface area contributed by atoms with Crippen LogP contribution in [0.2, 0.25) is 0 Å². The van der Waals surface area contributed by atoms with Crippen molar-refractivity contribution in [2.24, 2.45) is 5.73 Å². The molecular formula is C17H17NO2S2. The Morgan fingerprint density at radius 3 is 2.77 bits per heavy atom. The van der Waals surface area contributed by atoms with Crippen LogP contribution in [0, 0.1) is 0 Å². The van der Waals surface area contributed by atoms with Crippen molar-refractivity contribution in [3.63, 3.8) is 0 Å². The molecule has 1 aliphatic rings. The van der Waals surface area contributed by atoms with Crippen molar-refractivity contribution in [3.05, 3.63) is 51.2 Å². The summed E-state index contributed by atoms with van der Waals surface area (Å²) in [5, 5.41) is 0. The van der Waals surface area contributed by atoms with E-state index in [1.54, 1.807) is 17.8 Å². The third-order valence-electron chi connectivity index (χ3n) is 3.72. The number of hydrogen-bond donors (Lipinski definition) is 1. The number of Topliss-reactive ketones (excluding diaryl/α,β-unsaturated/α-hetero) is 1. The highest BCUT2D eigenvalue weighted by atomic mass is 32.2. The maximum absolute atomic E-state index is 12.2. The number of ketones is 1. The summed E-state index contributed by atoms with van der Waals surface area (Å²) in [6.45, 7) is 0. The molecule has 1 aliphatic carbocycles. The van der Waals surface area contributed by atoms with Crippen molar-refractivity contribution >= 4 is 34.8 Å². The lowest BCUT2D eigenvalue weighted by atomic mass is 10.1. The van der Waals surface area contributed by atoms with Crippen LogP contribution in [-0.2, 0) is 24.1 Å². The van der Waals surface area contributed by atoms with E-state index in [2.05, 4.69) is 18.2 Å². The zero-order chi connectivity index (χ0) is 15.5. The first-order valence-corrected chi connectivity index (χ1v) is 9.07. The van der Waals surface area contributed by atoms with Gasteiger partial charge in [0.05, 0.1) is 17.1 Å². The smallest absolute Gasteiger partial charge is 0.222 e. The Bertz CT molecular complexity index is 721. The fourth-order valence-corrected chi connectivity index (χ4v) is 4.54. The first-order valence-electron chi connectivity index (χ1n) is 7.26. The third kappa shape index (κ3) is 3.59. The summed E-state index contributed by atoms with van der Waals surface area (Å²) in [5.41, 5.74) is 8.04. The SMILES string of the molecule is NC(=O)Cc1ccc(C(=O)CSc2ccc3c(c2)CCC3)s1. The molecule has 0 fully saturated rings. The highest BCUT2D eigenvalue weighted by Crippen LogP contribution is 2.28. The second-order valence-corrected chi connectivity index (χ2v) is 7.62. The Labute approximate surface area is 137 Å². The summed E-state index contributed by atoms with van der Waals surface area (Å²) in [5.74, 6) is 0.162. The molecule has 0 saturated carbocycles. The van der Waals surface area contributed by atoms with Crippen LogP contribution < -0.4 is 5.73 Å². The molecule has 22 heavy (non-hydrogen) atoms. The number of primary amides is 1. The topological polar surface area (TPSA) is 60.2 Å². The maximum Gasteiger partial charge on any atom is 0.222 e. The summed E-state index contributed by atoms with van der Waals surface area (Å²) in [6.07, 6.45) is 3.77. The Morgan fingerprint density at radius 2 is 1.95 bits per heavy atom. The van der Waals surface area contributed by atoms with Crippen LogP contribution in [-0.4, -0.2) is 17.4 Å². The third-order valence-corrected chi connectivity index (χ3v) is 5.84. The quantitative estimate of drug-likeness (QED) is 0.653. The maximum atomic E-state index is 12.2. The Hall–Kier alpha value is -1.59. The Morgan fingerprint density at radius 1 is 1.14 bits per heavy atom. The van der Waals surface area contributed by atoms with Crippen LogP contribution in [0.1, 0.15) is 32.1 Å². The predicted molar refractivity (Wildman–Crippen MR) is 90.7 cm³/mol. The summed E-state index contributed by atoms with van der Waals surface area (Å²) < 4.78 is 0. The number of carbonyl (C=O) groups is 2. The molecule has 0 atom stereocenters. The van der Waals surface area contributed by atoms with Crippen LogP contribution in [0.15, 0.2) is 35.2 Å². The molecule has 2 aromatic rings. The van der Waals surface area contributed by atoms with Crippen LogP contribution in [0.3, 0.4) is 0 Å². The lowest BCUT2D eigenvalue weighted by Crippen LogP contribution is -2.12. The molecule has 3 nitrogen and oxygen atoms in total. The van der Waals surface area contributed by atoms with Crippen molar-refractivity contribution in [1.82, 2.24) is 0 Å². The number of hydrogen-bond acceptors (Lipinski definition) is 4. The van der Waals surface area contributed by atoms with E-state index in [1.165, 1.54) is 35.3 Å². The van der Waals surface area contributed by atoms with Crippen molar-refractivity contribution in [1.29, 1.82) is 0 Å². The molecule has 0 aliphatic heterocycles. The van der Waals surface area contributed by atoms with Gasteiger partial charge in [-0.05, 0) is 54.7 Å². The van der Waals surface area contributed by atoms with Gasteiger partial charge in [0, 0.05) is 9.77 Å². The zero-order valence-electron chi connectivity index (χ0n) is 12.1. The molecule has 0 saturated heterocycles. The number of amides is 1. The molecule has 0 radical (unpaired) electrons. The minimum absolute atomic E-state index is 0.103. The molecule has 1 aromatic carbocycles. The summed E-state index contributed by atoms with van der Waals surface area (Å²) >= 11 is 2.94. The number of nitrogens with two attached hydrogens (primary N) is 1. The lowest BCUT2D eigenvalue weighted by molar-refractivity contribution is -0.117. The largest absolute Gasteiger partial charge is 0.369 e. The van der Waals surface area contributed by atoms with Crippen LogP contribution in [0.5, 0.6) is 0 Å². The second kappa shape index (κ2) is 6.67. The molecule has 5 heteroatoms. The van der Waals surface area contributed by atoms with Gasteiger partial charge >= 0.3 is 0 Å². The van der Waals surface area contributed by atoms with Gasteiger partial charge < -0.3 is 5.73 Å². The molecule has 2 N–H and O–H groups in total. The van der Waals surface area contributed by atoms with Gasteiger partial charge in [-0.1, -0.05) is 6.07 Å². The van der Waals surface area contributed by atoms with Gasteiger partial charge in [0.25, 0.3) is 0 Å². The fourth-order valence-electron chi connectivity index (χ4n) is 2.65. The molecule has 1 heterocycles. The average Bonchev–Trinajstić information content (AvgIpc) is 3.12. The van der Waals surface area contributed by atoms with Crippen molar-refractivity contribution in [2.75, 3.05) is 5.75 Å².